The Morgan fingerprint density at radius 2 is 2.54 bits per heavy atom. The summed E-state index contributed by atoms with van der Waals surface area (Å²) in [4.78, 5) is 0. The summed E-state index contributed by atoms with van der Waals surface area (Å²) in [5.74, 6) is 0.661. The second kappa shape index (κ2) is 3.61. The van der Waals surface area contributed by atoms with Crippen molar-refractivity contribution in [3.63, 3.8) is 0 Å². The van der Waals surface area contributed by atoms with E-state index in [1.165, 1.54) is 0 Å². The average Bonchev–Trinajstić information content (AvgIpc) is 2.55. The lowest BCUT2D eigenvalue weighted by atomic mass is 10.0. The lowest BCUT2D eigenvalue weighted by Gasteiger charge is -2.33. The van der Waals surface area contributed by atoms with Gasteiger partial charge in [0.05, 0.1) is 12.5 Å². The van der Waals surface area contributed by atoms with Crippen molar-refractivity contribution in [2.75, 3.05) is 18.8 Å². The molecule has 3 nitrogen and oxygen atoms in total. The number of hydrogen-bond donors (Lipinski definition) is 0. The first kappa shape index (κ1) is 9.52. The molecule has 0 saturated carbocycles. The molecule has 2 aliphatic rings. The van der Waals surface area contributed by atoms with Gasteiger partial charge in [-0.2, -0.15) is 0 Å². The lowest BCUT2D eigenvalue weighted by molar-refractivity contribution is -0.177. The molecular weight excluding hydrogens is 188 g/mol. The summed E-state index contributed by atoms with van der Waals surface area (Å²) >= 11 is 1.65. The van der Waals surface area contributed by atoms with Gasteiger partial charge in [-0.05, 0) is 19.3 Å². The summed E-state index contributed by atoms with van der Waals surface area (Å²) in [5, 5.41) is 0. The maximum Gasteiger partial charge on any atom is 0.190 e. The van der Waals surface area contributed by atoms with E-state index < -0.39 is 5.60 Å². The topological polar surface area (TPSA) is 27.7 Å². The Morgan fingerprint density at radius 3 is 3.31 bits per heavy atom. The van der Waals surface area contributed by atoms with Crippen molar-refractivity contribution in [3.05, 3.63) is 12.2 Å². The van der Waals surface area contributed by atoms with Gasteiger partial charge in [0.1, 0.15) is 11.7 Å². The van der Waals surface area contributed by atoms with Crippen LogP contribution in [0.25, 0.3) is 0 Å². The smallest absolute Gasteiger partial charge is 0.190 e. The van der Waals surface area contributed by atoms with E-state index in [0.29, 0.717) is 12.5 Å². The van der Waals surface area contributed by atoms with Gasteiger partial charge in [0, 0.05) is 0 Å². The van der Waals surface area contributed by atoms with Crippen LogP contribution in [0.4, 0.5) is 0 Å². The summed E-state index contributed by atoms with van der Waals surface area (Å²) in [5.41, 5.74) is -0.407. The van der Waals surface area contributed by atoms with Crippen LogP contribution in [0.1, 0.15) is 6.92 Å². The van der Waals surface area contributed by atoms with Crippen LogP contribution >= 0.6 is 11.8 Å². The molecule has 4 heteroatoms. The highest BCUT2D eigenvalue weighted by Crippen LogP contribution is 2.32. The van der Waals surface area contributed by atoms with Crippen LogP contribution in [0.5, 0.6) is 0 Å². The Labute approximate surface area is 82.4 Å². The molecule has 0 radical (unpaired) electrons. The molecule has 2 heterocycles. The molecule has 0 aliphatic carbocycles. The van der Waals surface area contributed by atoms with Crippen molar-refractivity contribution in [1.29, 1.82) is 0 Å². The highest BCUT2D eigenvalue weighted by atomic mass is 32.2. The molecule has 0 aromatic rings. The third-order valence-corrected chi connectivity index (χ3v) is 2.66. The number of ether oxygens (including phenoxy) is 3. The van der Waals surface area contributed by atoms with Crippen LogP contribution in [0.2, 0.25) is 0 Å². The third-order valence-electron chi connectivity index (χ3n) is 2.31. The normalized spacial score (nSPS) is 42.6. The van der Waals surface area contributed by atoms with Gasteiger partial charge in [0.25, 0.3) is 0 Å². The highest BCUT2D eigenvalue weighted by molar-refractivity contribution is 7.98. The van der Waals surface area contributed by atoms with Crippen molar-refractivity contribution in [2.45, 2.75) is 24.9 Å². The standard InChI is InChI=1S/C9H14O3S/c1-9(11-6-13-2)4-3-7-5-10-8(9)12-7/h3-4,7-8H,5-6H2,1-2H3/t7-,8+,9-/m0/s1. The molecule has 0 spiro atoms. The highest BCUT2D eigenvalue weighted by Gasteiger charge is 2.43. The summed E-state index contributed by atoms with van der Waals surface area (Å²) in [7, 11) is 0. The summed E-state index contributed by atoms with van der Waals surface area (Å²) in [6.07, 6.45) is 5.99. The first-order valence-electron chi connectivity index (χ1n) is 4.34. The molecule has 2 rings (SSSR count). The van der Waals surface area contributed by atoms with E-state index in [4.69, 9.17) is 14.2 Å². The largest absolute Gasteiger partial charge is 0.355 e. The maximum absolute atomic E-state index is 5.68. The molecule has 0 aromatic heterocycles. The lowest BCUT2D eigenvalue weighted by Crippen LogP contribution is -2.43. The molecule has 0 amide bonds. The second-order valence-corrected chi connectivity index (χ2v) is 4.25. The fourth-order valence-electron chi connectivity index (χ4n) is 1.50. The predicted octanol–water partition coefficient (Wildman–Crippen LogP) is 1.39. The van der Waals surface area contributed by atoms with Gasteiger partial charge in [0.2, 0.25) is 0 Å². The number of hydrogen-bond acceptors (Lipinski definition) is 4. The van der Waals surface area contributed by atoms with Crippen LogP contribution in [0.3, 0.4) is 0 Å². The van der Waals surface area contributed by atoms with Gasteiger partial charge in [-0.15, -0.1) is 11.8 Å². The molecule has 0 aromatic carbocycles. The minimum atomic E-state index is -0.407. The number of rotatable bonds is 3. The van der Waals surface area contributed by atoms with Gasteiger partial charge in [-0.3, -0.25) is 0 Å². The molecule has 2 bridgehead atoms. The Balaban J connectivity index is 2.04. The Hall–Kier alpha value is -0.0300. The quantitative estimate of drug-likeness (QED) is 0.510. The van der Waals surface area contributed by atoms with E-state index in [0.717, 1.165) is 0 Å². The summed E-state index contributed by atoms with van der Waals surface area (Å²) in [6.45, 7) is 2.64. The van der Waals surface area contributed by atoms with Crippen LogP contribution in [0, 0.1) is 0 Å². The molecule has 1 fully saturated rings. The SMILES string of the molecule is CSCO[C@@]1(C)C=C[C@H]2CO[C@@H]1O2. The molecule has 0 unspecified atom stereocenters. The first-order valence-corrected chi connectivity index (χ1v) is 5.73. The zero-order chi connectivity index (χ0) is 9.31. The van der Waals surface area contributed by atoms with Crippen molar-refractivity contribution in [1.82, 2.24) is 0 Å². The van der Waals surface area contributed by atoms with Gasteiger partial charge in [-0.25, -0.2) is 0 Å². The zero-order valence-corrected chi connectivity index (χ0v) is 8.67. The van der Waals surface area contributed by atoms with Crippen molar-refractivity contribution >= 4 is 11.8 Å². The van der Waals surface area contributed by atoms with Gasteiger partial charge < -0.3 is 14.2 Å². The number of fused-ring (bicyclic) bond motifs is 2. The summed E-state index contributed by atoms with van der Waals surface area (Å²) in [6, 6.07) is 0. The molecule has 1 saturated heterocycles. The van der Waals surface area contributed by atoms with Crippen molar-refractivity contribution in [2.24, 2.45) is 0 Å². The Kier molecular flexibility index (Phi) is 2.65. The summed E-state index contributed by atoms with van der Waals surface area (Å²) < 4.78 is 16.7. The molecule has 2 aliphatic heterocycles. The van der Waals surface area contributed by atoms with Crippen molar-refractivity contribution < 1.29 is 14.2 Å². The van der Waals surface area contributed by atoms with Crippen LogP contribution in [-0.2, 0) is 14.2 Å². The van der Waals surface area contributed by atoms with Gasteiger partial charge in [-0.1, -0.05) is 6.08 Å². The number of thioether (sulfide) groups is 1. The minimum Gasteiger partial charge on any atom is -0.355 e. The molecule has 13 heavy (non-hydrogen) atoms. The maximum atomic E-state index is 5.68. The monoisotopic (exact) mass is 202 g/mol. The van der Waals surface area contributed by atoms with E-state index in [1.807, 2.05) is 19.3 Å². The van der Waals surface area contributed by atoms with E-state index in [1.54, 1.807) is 11.8 Å². The van der Waals surface area contributed by atoms with Crippen LogP contribution in [-0.4, -0.2) is 36.8 Å². The fraction of sp³-hybridized carbons (Fsp3) is 0.778. The average molecular weight is 202 g/mol. The minimum absolute atomic E-state index is 0.135. The fourth-order valence-corrected chi connectivity index (χ4v) is 1.87. The van der Waals surface area contributed by atoms with E-state index in [-0.39, 0.29) is 12.4 Å². The van der Waals surface area contributed by atoms with Gasteiger partial charge >= 0.3 is 0 Å². The molecule has 74 valence electrons. The van der Waals surface area contributed by atoms with E-state index in [2.05, 4.69) is 6.08 Å². The molecular formula is C9H14O3S. The van der Waals surface area contributed by atoms with E-state index >= 15 is 0 Å². The zero-order valence-electron chi connectivity index (χ0n) is 7.86. The van der Waals surface area contributed by atoms with E-state index in [9.17, 15) is 0 Å². The second-order valence-electron chi connectivity index (χ2n) is 3.43. The Bertz CT molecular complexity index is 219. The molecule has 0 N–H and O–H groups in total. The first-order chi connectivity index (χ1) is 6.24. The molecule has 3 atom stereocenters. The van der Waals surface area contributed by atoms with Crippen LogP contribution in [0.15, 0.2) is 12.2 Å². The predicted molar refractivity (Wildman–Crippen MR) is 51.6 cm³/mol. The Morgan fingerprint density at radius 1 is 1.69 bits per heavy atom. The third kappa shape index (κ3) is 1.76. The van der Waals surface area contributed by atoms with Gasteiger partial charge in [0.15, 0.2) is 6.29 Å². The van der Waals surface area contributed by atoms with Crippen molar-refractivity contribution in [3.8, 4) is 0 Å². The van der Waals surface area contributed by atoms with Crippen LogP contribution < -0.4 is 0 Å².